The van der Waals surface area contributed by atoms with Crippen LogP contribution in [0.5, 0.6) is 0 Å². The van der Waals surface area contributed by atoms with E-state index in [1.807, 2.05) is 12.1 Å². The monoisotopic (exact) mass is 421 g/mol. The van der Waals surface area contributed by atoms with E-state index in [2.05, 4.69) is 39.9 Å². The molecule has 2 amide bonds. The third kappa shape index (κ3) is 5.29. The minimum absolute atomic E-state index is 0.0922. The Morgan fingerprint density at radius 2 is 1.77 bits per heavy atom. The van der Waals surface area contributed by atoms with Crippen LogP contribution in [-0.4, -0.2) is 33.9 Å². The molecular weight excluding hydrogens is 394 g/mol. The van der Waals surface area contributed by atoms with Gasteiger partial charge in [-0.2, -0.15) is 0 Å². The highest BCUT2D eigenvalue weighted by atomic mass is 16.4. The Hall–Kier alpha value is -3.22. The molecule has 1 unspecified atom stereocenters. The van der Waals surface area contributed by atoms with Crippen LogP contribution in [0, 0.1) is 5.92 Å². The normalized spacial score (nSPS) is 23.2. The highest BCUT2D eigenvalue weighted by molar-refractivity contribution is 5.98. The zero-order valence-corrected chi connectivity index (χ0v) is 17.3. The molecule has 7 nitrogen and oxygen atoms in total. The number of pyridine rings is 1. The van der Waals surface area contributed by atoms with Gasteiger partial charge in [0, 0.05) is 18.4 Å². The fourth-order valence-electron chi connectivity index (χ4n) is 4.55. The van der Waals surface area contributed by atoms with E-state index in [9.17, 15) is 14.4 Å². The first kappa shape index (κ1) is 21.0. The van der Waals surface area contributed by atoms with Gasteiger partial charge in [-0.05, 0) is 61.6 Å². The number of aliphatic carboxylic acids is 1. The molecule has 1 aliphatic carbocycles. The molecule has 2 aromatic rings. The molecule has 1 saturated heterocycles. The molecule has 1 atom stereocenters. The van der Waals surface area contributed by atoms with Crippen molar-refractivity contribution in [3.63, 3.8) is 0 Å². The number of carboxylic acid groups (broad SMARTS) is 1. The van der Waals surface area contributed by atoms with Crippen molar-refractivity contribution in [2.24, 2.45) is 5.92 Å². The van der Waals surface area contributed by atoms with Crippen LogP contribution >= 0.6 is 0 Å². The number of rotatable bonds is 6. The van der Waals surface area contributed by atoms with Gasteiger partial charge in [-0.1, -0.05) is 24.3 Å². The van der Waals surface area contributed by atoms with Gasteiger partial charge in [-0.15, -0.1) is 0 Å². The lowest BCUT2D eigenvalue weighted by atomic mass is 9.77. The quantitative estimate of drug-likeness (QED) is 0.659. The summed E-state index contributed by atoms with van der Waals surface area (Å²) in [6.45, 7) is 0. The number of anilines is 1. The van der Waals surface area contributed by atoms with Gasteiger partial charge in [0.25, 0.3) is 0 Å². The number of hydrogen-bond acceptors (Lipinski definition) is 4. The number of amides is 2. The third-order valence-corrected chi connectivity index (χ3v) is 6.33. The van der Waals surface area contributed by atoms with E-state index in [4.69, 9.17) is 5.11 Å². The molecule has 31 heavy (non-hydrogen) atoms. The molecule has 1 saturated carbocycles. The van der Waals surface area contributed by atoms with E-state index in [-0.39, 0.29) is 18.2 Å². The van der Waals surface area contributed by atoms with Crippen LogP contribution in [0.1, 0.15) is 56.4 Å². The van der Waals surface area contributed by atoms with Crippen LogP contribution in [0.25, 0.3) is 11.3 Å². The summed E-state index contributed by atoms with van der Waals surface area (Å²) in [5, 5.41) is 14.4. The number of carboxylic acids is 1. The Balaban J connectivity index is 1.33. The van der Waals surface area contributed by atoms with Crippen molar-refractivity contribution in [1.82, 2.24) is 10.3 Å². The molecule has 1 aliphatic heterocycles. The van der Waals surface area contributed by atoms with Crippen molar-refractivity contribution in [2.75, 3.05) is 5.32 Å². The molecule has 7 heteroatoms. The van der Waals surface area contributed by atoms with E-state index in [1.165, 1.54) is 5.56 Å². The molecule has 0 bridgehead atoms. The maximum Gasteiger partial charge on any atom is 0.303 e. The topological polar surface area (TPSA) is 108 Å². The number of nitrogens with one attached hydrogen (secondary N) is 2. The minimum atomic E-state index is -0.698. The summed E-state index contributed by atoms with van der Waals surface area (Å²) in [7, 11) is 0. The van der Waals surface area contributed by atoms with E-state index in [0.29, 0.717) is 30.4 Å². The SMILES string of the molecule is O=C(O)CC1CCC(c2ccc(-c3ccc(NC(=O)C4CCC(=O)N4)cn3)cc2)CC1. The first-order chi connectivity index (χ1) is 15.0. The Kier molecular flexibility index (Phi) is 6.30. The summed E-state index contributed by atoms with van der Waals surface area (Å²) in [6.07, 6.45) is 6.82. The van der Waals surface area contributed by atoms with Gasteiger partial charge >= 0.3 is 5.97 Å². The minimum Gasteiger partial charge on any atom is -0.481 e. The van der Waals surface area contributed by atoms with Gasteiger partial charge in [-0.3, -0.25) is 19.4 Å². The van der Waals surface area contributed by atoms with Gasteiger partial charge in [0.2, 0.25) is 11.8 Å². The second-order valence-corrected chi connectivity index (χ2v) is 8.52. The summed E-state index contributed by atoms with van der Waals surface area (Å²) in [5.74, 6) is -0.216. The maximum absolute atomic E-state index is 12.2. The van der Waals surface area contributed by atoms with Crippen LogP contribution in [0.3, 0.4) is 0 Å². The number of aromatic nitrogens is 1. The standard InChI is InChI=1S/C24H27N3O4/c28-22-12-11-21(27-22)24(31)26-19-9-10-20(25-14-19)18-7-5-17(6-8-18)16-3-1-15(2-4-16)13-23(29)30/h5-10,14-16,21H,1-4,11-13H2,(H,26,31)(H,27,28)(H,29,30). The predicted molar refractivity (Wildman–Crippen MR) is 116 cm³/mol. The summed E-state index contributed by atoms with van der Waals surface area (Å²) >= 11 is 0. The van der Waals surface area contributed by atoms with E-state index in [0.717, 1.165) is 36.9 Å². The van der Waals surface area contributed by atoms with Crippen molar-refractivity contribution in [3.8, 4) is 11.3 Å². The van der Waals surface area contributed by atoms with Crippen molar-refractivity contribution < 1.29 is 19.5 Å². The maximum atomic E-state index is 12.2. The summed E-state index contributed by atoms with van der Waals surface area (Å²) in [5.41, 5.74) is 3.72. The molecule has 4 rings (SSSR count). The van der Waals surface area contributed by atoms with E-state index >= 15 is 0 Å². The number of carbonyl (C=O) groups is 3. The summed E-state index contributed by atoms with van der Waals surface area (Å²) in [4.78, 5) is 38.8. The van der Waals surface area contributed by atoms with Gasteiger partial charge in [0.05, 0.1) is 17.6 Å². The zero-order valence-electron chi connectivity index (χ0n) is 17.3. The Bertz CT molecular complexity index is 948. The molecular formula is C24H27N3O4. The van der Waals surface area contributed by atoms with Gasteiger partial charge in [-0.25, -0.2) is 0 Å². The average Bonchev–Trinajstić information content (AvgIpc) is 3.21. The molecule has 0 spiro atoms. The molecule has 0 radical (unpaired) electrons. The molecule has 2 aliphatic rings. The van der Waals surface area contributed by atoms with E-state index in [1.54, 1.807) is 6.20 Å². The lowest BCUT2D eigenvalue weighted by molar-refractivity contribution is -0.138. The van der Waals surface area contributed by atoms with Crippen molar-refractivity contribution >= 4 is 23.5 Å². The summed E-state index contributed by atoms with van der Waals surface area (Å²) < 4.78 is 0. The third-order valence-electron chi connectivity index (χ3n) is 6.33. The molecule has 1 aromatic carbocycles. The molecule has 3 N–H and O–H groups in total. The Morgan fingerprint density at radius 1 is 1.03 bits per heavy atom. The second-order valence-electron chi connectivity index (χ2n) is 8.52. The smallest absolute Gasteiger partial charge is 0.303 e. The van der Waals surface area contributed by atoms with Crippen LogP contribution in [0.4, 0.5) is 5.69 Å². The second kappa shape index (κ2) is 9.29. The van der Waals surface area contributed by atoms with E-state index < -0.39 is 12.0 Å². The van der Waals surface area contributed by atoms with Crippen molar-refractivity contribution in [1.29, 1.82) is 0 Å². The number of carbonyl (C=O) groups excluding carboxylic acids is 2. The Morgan fingerprint density at radius 3 is 2.35 bits per heavy atom. The number of hydrogen-bond donors (Lipinski definition) is 3. The Labute approximate surface area is 181 Å². The lowest BCUT2D eigenvalue weighted by Gasteiger charge is -2.28. The van der Waals surface area contributed by atoms with Crippen LogP contribution in [0.15, 0.2) is 42.6 Å². The number of nitrogens with zero attached hydrogens (tertiary/aromatic N) is 1. The molecule has 2 fully saturated rings. The largest absolute Gasteiger partial charge is 0.481 e. The zero-order chi connectivity index (χ0) is 21.8. The molecule has 1 aromatic heterocycles. The lowest BCUT2D eigenvalue weighted by Crippen LogP contribution is -2.37. The molecule has 162 valence electrons. The van der Waals surface area contributed by atoms with Gasteiger partial charge in [0.15, 0.2) is 0 Å². The fraction of sp³-hybridized carbons (Fsp3) is 0.417. The van der Waals surface area contributed by atoms with Gasteiger partial charge < -0.3 is 15.7 Å². The highest BCUT2D eigenvalue weighted by Gasteiger charge is 2.27. The number of benzene rings is 1. The van der Waals surface area contributed by atoms with Crippen molar-refractivity contribution in [3.05, 3.63) is 48.2 Å². The van der Waals surface area contributed by atoms with Crippen LogP contribution in [0.2, 0.25) is 0 Å². The first-order valence-corrected chi connectivity index (χ1v) is 10.9. The highest BCUT2D eigenvalue weighted by Crippen LogP contribution is 2.37. The van der Waals surface area contributed by atoms with Crippen LogP contribution < -0.4 is 10.6 Å². The fourth-order valence-corrected chi connectivity index (χ4v) is 4.55. The first-order valence-electron chi connectivity index (χ1n) is 10.9. The van der Waals surface area contributed by atoms with Gasteiger partial charge in [0.1, 0.15) is 6.04 Å². The van der Waals surface area contributed by atoms with Crippen molar-refractivity contribution in [2.45, 2.75) is 56.9 Å². The summed E-state index contributed by atoms with van der Waals surface area (Å²) in [6, 6.07) is 11.6. The molecule has 2 heterocycles. The van der Waals surface area contributed by atoms with Crippen LogP contribution in [-0.2, 0) is 14.4 Å². The average molecular weight is 421 g/mol. The predicted octanol–water partition coefficient (Wildman–Crippen LogP) is 3.71.